The van der Waals surface area contributed by atoms with Crippen molar-refractivity contribution in [1.82, 2.24) is 0 Å². The number of rotatable bonds is 7. The van der Waals surface area contributed by atoms with E-state index in [9.17, 15) is 4.39 Å². The molecule has 0 aliphatic heterocycles. The van der Waals surface area contributed by atoms with E-state index in [0.717, 1.165) is 16.0 Å². The number of benzene rings is 2. The number of thiophene rings is 1. The lowest BCUT2D eigenvalue weighted by Crippen LogP contribution is -2.12. The minimum absolute atomic E-state index is 0.0956. The smallest absolute Gasteiger partial charge is 0.180 e. The molecule has 0 spiro atoms. The number of methoxy groups -OCH3 is 1. The Bertz CT molecular complexity index is 853. The summed E-state index contributed by atoms with van der Waals surface area (Å²) in [5, 5.41) is 2.47. The van der Waals surface area contributed by atoms with Gasteiger partial charge in [0.25, 0.3) is 0 Å². The fourth-order valence-electron chi connectivity index (χ4n) is 2.62. The molecule has 2 N–H and O–H groups in total. The van der Waals surface area contributed by atoms with Gasteiger partial charge in [0, 0.05) is 10.9 Å². The van der Waals surface area contributed by atoms with Crippen molar-refractivity contribution < 1.29 is 13.9 Å². The lowest BCUT2D eigenvalue weighted by Gasteiger charge is -2.16. The van der Waals surface area contributed by atoms with Gasteiger partial charge in [-0.3, -0.25) is 0 Å². The Morgan fingerprint density at radius 2 is 1.92 bits per heavy atom. The summed E-state index contributed by atoms with van der Waals surface area (Å²) in [6.07, 6.45) is 0.648. The van der Waals surface area contributed by atoms with Crippen molar-refractivity contribution in [2.75, 3.05) is 7.11 Å². The Morgan fingerprint density at radius 1 is 1.15 bits per heavy atom. The van der Waals surface area contributed by atoms with Crippen molar-refractivity contribution in [1.29, 1.82) is 0 Å². The van der Waals surface area contributed by atoms with Crippen molar-refractivity contribution in [3.05, 3.63) is 80.8 Å². The van der Waals surface area contributed by atoms with Crippen LogP contribution in [-0.2, 0) is 13.0 Å². The van der Waals surface area contributed by atoms with Crippen LogP contribution in [-0.4, -0.2) is 7.11 Å². The van der Waals surface area contributed by atoms with Crippen LogP contribution in [0.25, 0.3) is 0 Å². The summed E-state index contributed by atoms with van der Waals surface area (Å²) in [6, 6.07) is 13.8. The van der Waals surface area contributed by atoms with Crippen LogP contribution in [0, 0.1) is 5.82 Å². The number of halogens is 2. The van der Waals surface area contributed by atoms with Gasteiger partial charge < -0.3 is 15.2 Å². The summed E-state index contributed by atoms with van der Waals surface area (Å²) in [5.41, 5.74) is 8.08. The second kappa shape index (κ2) is 8.54. The molecule has 0 amide bonds. The Balaban J connectivity index is 1.75. The molecule has 0 saturated heterocycles. The quantitative estimate of drug-likeness (QED) is 0.588. The predicted octanol–water partition coefficient (Wildman–Crippen LogP) is 5.37. The first kappa shape index (κ1) is 18.7. The van der Waals surface area contributed by atoms with Gasteiger partial charge in [-0.2, -0.15) is 0 Å². The molecule has 3 aromatic rings. The van der Waals surface area contributed by atoms with Gasteiger partial charge in [-0.25, -0.2) is 4.39 Å². The van der Waals surface area contributed by atoms with E-state index in [1.807, 2.05) is 29.6 Å². The average molecular weight is 392 g/mol. The first-order chi connectivity index (χ1) is 12.6. The van der Waals surface area contributed by atoms with Gasteiger partial charge in [-0.15, -0.1) is 11.3 Å². The van der Waals surface area contributed by atoms with E-state index in [1.54, 1.807) is 30.6 Å². The van der Waals surface area contributed by atoms with E-state index >= 15 is 0 Å². The van der Waals surface area contributed by atoms with E-state index in [1.165, 1.54) is 12.1 Å². The molecule has 0 radical (unpaired) electrons. The van der Waals surface area contributed by atoms with E-state index in [0.29, 0.717) is 22.9 Å². The standard InChI is InChI=1S/C20H19ClFNO2S/c1-24-18-11-14(10-17(23)19-3-2-8-26-19)9-16(21)20(18)25-12-13-4-6-15(22)7-5-13/h2-9,11,17H,10,12,23H2,1H3. The van der Waals surface area contributed by atoms with Crippen LogP contribution < -0.4 is 15.2 Å². The molecular weight excluding hydrogens is 373 g/mol. The van der Waals surface area contributed by atoms with Gasteiger partial charge in [0.2, 0.25) is 0 Å². The molecule has 0 fully saturated rings. The molecule has 2 aromatic carbocycles. The third kappa shape index (κ3) is 4.55. The average Bonchev–Trinajstić information content (AvgIpc) is 3.16. The highest BCUT2D eigenvalue weighted by Gasteiger charge is 2.15. The molecule has 136 valence electrons. The van der Waals surface area contributed by atoms with Crippen molar-refractivity contribution in [3.8, 4) is 11.5 Å². The summed E-state index contributed by atoms with van der Waals surface area (Å²) >= 11 is 8.04. The Labute approximate surface area is 161 Å². The molecule has 0 saturated carbocycles. The fraction of sp³-hybridized carbons (Fsp3) is 0.200. The van der Waals surface area contributed by atoms with E-state index in [2.05, 4.69) is 0 Å². The maximum absolute atomic E-state index is 13.0. The summed E-state index contributed by atoms with van der Waals surface area (Å²) < 4.78 is 24.2. The van der Waals surface area contributed by atoms with Crippen LogP contribution in [0.5, 0.6) is 11.5 Å². The summed E-state index contributed by atoms with van der Waals surface area (Å²) in [5.74, 6) is 0.732. The minimum atomic E-state index is -0.282. The molecule has 1 unspecified atom stereocenters. The summed E-state index contributed by atoms with van der Waals surface area (Å²) in [6.45, 7) is 0.268. The number of ether oxygens (including phenoxy) is 2. The van der Waals surface area contributed by atoms with Crippen LogP contribution in [0.3, 0.4) is 0 Å². The van der Waals surface area contributed by atoms with Crippen molar-refractivity contribution in [3.63, 3.8) is 0 Å². The van der Waals surface area contributed by atoms with Crippen LogP contribution in [0.1, 0.15) is 22.0 Å². The molecule has 3 nitrogen and oxygen atoms in total. The second-order valence-corrected chi connectivity index (χ2v) is 7.24. The maximum atomic E-state index is 13.0. The van der Waals surface area contributed by atoms with Crippen LogP contribution >= 0.6 is 22.9 Å². The molecule has 1 atom stereocenters. The zero-order valence-corrected chi connectivity index (χ0v) is 15.8. The SMILES string of the molecule is COc1cc(CC(N)c2cccs2)cc(Cl)c1OCc1ccc(F)cc1. The molecule has 1 heterocycles. The largest absolute Gasteiger partial charge is 0.493 e. The molecule has 0 aliphatic carbocycles. The first-order valence-electron chi connectivity index (χ1n) is 8.09. The van der Waals surface area contributed by atoms with Crippen molar-refractivity contribution >= 4 is 22.9 Å². The maximum Gasteiger partial charge on any atom is 0.180 e. The monoisotopic (exact) mass is 391 g/mol. The molecular formula is C20H19ClFNO2S. The third-order valence-electron chi connectivity index (χ3n) is 3.95. The van der Waals surface area contributed by atoms with E-state index in [-0.39, 0.29) is 18.5 Å². The molecule has 6 heteroatoms. The Kier molecular flexibility index (Phi) is 6.14. The summed E-state index contributed by atoms with van der Waals surface area (Å²) in [7, 11) is 1.57. The van der Waals surface area contributed by atoms with Gasteiger partial charge in [0.05, 0.1) is 12.1 Å². The summed E-state index contributed by atoms with van der Waals surface area (Å²) in [4.78, 5) is 1.12. The van der Waals surface area contributed by atoms with Gasteiger partial charge in [0.1, 0.15) is 12.4 Å². The second-order valence-electron chi connectivity index (χ2n) is 5.85. The highest BCUT2D eigenvalue weighted by Crippen LogP contribution is 2.38. The number of hydrogen-bond donors (Lipinski definition) is 1. The van der Waals surface area contributed by atoms with Gasteiger partial charge >= 0.3 is 0 Å². The molecule has 0 aliphatic rings. The minimum Gasteiger partial charge on any atom is -0.493 e. The van der Waals surface area contributed by atoms with Crippen LogP contribution in [0.2, 0.25) is 5.02 Å². The lowest BCUT2D eigenvalue weighted by atomic mass is 10.0. The number of nitrogens with two attached hydrogens (primary N) is 1. The molecule has 0 bridgehead atoms. The van der Waals surface area contributed by atoms with E-state index in [4.69, 9.17) is 26.8 Å². The van der Waals surface area contributed by atoms with Crippen molar-refractivity contribution in [2.24, 2.45) is 5.73 Å². The predicted molar refractivity (Wildman–Crippen MR) is 104 cm³/mol. The molecule has 26 heavy (non-hydrogen) atoms. The van der Waals surface area contributed by atoms with Crippen LogP contribution in [0.15, 0.2) is 53.9 Å². The number of hydrogen-bond acceptors (Lipinski definition) is 4. The highest BCUT2D eigenvalue weighted by atomic mass is 35.5. The van der Waals surface area contributed by atoms with Gasteiger partial charge in [0.15, 0.2) is 11.5 Å². The third-order valence-corrected chi connectivity index (χ3v) is 5.23. The Morgan fingerprint density at radius 3 is 2.58 bits per heavy atom. The fourth-order valence-corrected chi connectivity index (χ4v) is 3.64. The zero-order chi connectivity index (χ0) is 18.5. The van der Waals surface area contributed by atoms with Gasteiger partial charge in [-0.1, -0.05) is 29.8 Å². The molecule has 3 rings (SSSR count). The first-order valence-corrected chi connectivity index (χ1v) is 9.35. The van der Waals surface area contributed by atoms with Crippen LogP contribution in [0.4, 0.5) is 4.39 Å². The van der Waals surface area contributed by atoms with Crippen molar-refractivity contribution in [2.45, 2.75) is 19.1 Å². The van der Waals surface area contributed by atoms with Gasteiger partial charge in [-0.05, 0) is 53.3 Å². The lowest BCUT2D eigenvalue weighted by molar-refractivity contribution is 0.284. The van der Waals surface area contributed by atoms with E-state index < -0.39 is 0 Å². The normalized spacial score (nSPS) is 12.0. The topological polar surface area (TPSA) is 44.5 Å². The highest BCUT2D eigenvalue weighted by molar-refractivity contribution is 7.10. The zero-order valence-electron chi connectivity index (χ0n) is 14.2. The molecule has 1 aromatic heterocycles. The Hall–Kier alpha value is -2.08.